The Bertz CT molecular complexity index is 88.2. The topological polar surface area (TPSA) is 44.5 Å². The molecule has 68 valence electrons. The van der Waals surface area contributed by atoms with Crippen molar-refractivity contribution in [2.75, 3.05) is 20.8 Å². The van der Waals surface area contributed by atoms with Crippen molar-refractivity contribution < 1.29 is 9.47 Å². The van der Waals surface area contributed by atoms with E-state index in [0.29, 0.717) is 0 Å². The molecule has 11 heavy (non-hydrogen) atoms. The highest BCUT2D eigenvalue weighted by Crippen LogP contribution is 2.02. The van der Waals surface area contributed by atoms with E-state index < -0.39 is 0 Å². The van der Waals surface area contributed by atoms with E-state index in [1.54, 1.807) is 14.2 Å². The van der Waals surface area contributed by atoms with Crippen molar-refractivity contribution in [1.82, 2.24) is 0 Å². The van der Waals surface area contributed by atoms with Crippen LogP contribution in [-0.4, -0.2) is 33.0 Å². The Kier molecular flexibility index (Phi) is 6.51. The van der Waals surface area contributed by atoms with E-state index in [4.69, 9.17) is 15.2 Å². The van der Waals surface area contributed by atoms with Gasteiger partial charge in [-0.3, -0.25) is 0 Å². The number of rotatable bonds is 6. The summed E-state index contributed by atoms with van der Waals surface area (Å²) < 4.78 is 9.99. The molecule has 3 heteroatoms. The fraction of sp³-hybridized carbons (Fsp3) is 1.00. The molecule has 0 bridgehead atoms. The number of methoxy groups -OCH3 is 2. The van der Waals surface area contributed by atoms with Gasteiger partial charge in [0.15, 0.2) is 0 Å². The summed E-state index contributed by atoms with van der Waals surface area (Å²) in [7, 11) is 3.38. The second kappa shape index (κ2) is 6.58. The largest absolute Gasteiger partial charge is 0.385 e. The number of hydrogen-bond acceptors (Lipinski definition) is 3. The average molecular weight is 161 g/mol. The SMILES string of the molecule is COCCCC(N)C(C)OC. The molecule has 0 aromatic heterocycles. The summed E-state index contributed by atoms with van der Waals surface area (Å²) in [5, 5.41) is 0. The minimum Gasteiger partial charge on any atom is -0.385 e. The maximum Gasteiger partial charge on any atom is 0.0694 e. The number of nitrogens with two attached hydrogens (primary N) is 1. The Morgan fingerprint density at radius 3 is 2.45 bits per heavy atom. The van der Waals surface area contributed by atoms with Crippen molar-refractivity contribution >= 4 is 0 Å². The molecule has 0 spiro atoms. The van der Waals surface area contributed by atoms with Gasteiger partial charge in [0.25, 0.3) is 0 Å². The molecular weight excluding hydrogens is 142 g/mol. The molecule has 0 rings (SSSR count). The van der Waals surface area contributed by atoms with Crippen LogP contribution in [-0.2, 0) is 9.47 Å². The molecule has 0 radical (unpaired) electrons. The second-order valence-electron chi connectivity index (χ2n) is 2.74. The summed E-state index contributed by atoms with van der Waals surface area (Å²) in [5.74, 6) is 0. The highest BCUT2D eigenvalue weighted by Gasteiger charge is 2.10. The molecule has 2 N–H and O–H groups in total. The Hall–Kier alpha value is -0.120. The van der Waals surface area contributed by atoms with Crippen molar-refractivity contribution in [3.8, 4) is 0 Å². The van der Waals surface area contributed by atoms with Crippen molar-refractivity contribution in [2.24, 2.45) is 5.73 Å². The Morgan fingerprint density at radius 1 is 1.36 bits per heavy atom. The van der Waals surface area contributed by atoms with Crippen LogP contribution in [0, 0.1) is 0 Å². The fourth-order valence-electron chi connectivity index (χ4n) is 0.873. The third kappa shape index (κ3) is 5.18. The molecular formula is C8H19NO2. The van der Waals surface area contributed by atoms with Gasteiger partial charge in [-0.05, 0) is 19.8 Å². The smallest absolute Gasteiger partial charge is 0.0694 e. The average Bonchev–Trinajstić information content (AvgIpc) is 2.03. The van der Waals surface area contributed by atoms with Gasteiger partial charge in [0.1, 0.15) is 0 Å². The summed E-state index contributed by atoms with van der Waals surface area (Å²) in [4.78, 5) is 0. The normalized spacial score (nSPS) is 16.4. The van der Waals surface area contributed by atoms with Gasteiger partial charge in [-0.1, -0.05) is 0 Å². The summed E-state index contributed by atoms with van der Waals surface area (Å²) >= 11 is 0. The molecule has 0 saturated heterocycles. The first kappa shape index (κ1) is 10.9. The second-order valence-corrected chi connectivity index (χ2v) is 2.74. The molecule has 0 heterocycles. The zero-order valence-electron chi connectivity index (χ0n) is 7.67. The van der Waals surface area contributed by atoms with E-state index in [-0.39, 0.29) is 12.1 Å². The van der Waals surface area contributed by atoms with Crippen LogP contribution < -0.4 is 5.73 Å². The van der Waals surface area contributed by atoms with Gasteiger partial charge < -0.3 is 15.2 Å². The van der Waals surface area contributed by atoms with Gasteiger partial charge in [0.05, 0.1) is 6.10 Å². The van der Waals surface area contributed by atoms with E-state index in [9.17, 15) is 0 Å². The summed E-state index contributed by atoms with van der Waals surface area (Å²) in [6.45, 7) is 2.77. The maximum atomic E-state index is 5.79. The van der Waals surface area contributed by atoms with Crippen LogP contribution in [0.3, 0.4) is 0 Å². The summed E-state index contributed by atoms with van der Waals surface area (Å²) in [6.07, 6.45) is 2.11. The molecule has 0 fully saturated rings. The highest BCUT2D eigenvalue weighted by atomic mass is 16.5. The van der Waals surface area contributed by atoms with Crippen LogP contribution >= 0.6 is 0 Å². The molecule has 0 aliphatic carbocycles. The Morgan fingerprint density at radius 2 is 2.00 bits per heavy atom. The minimum atomic E-state index is 0.134. The maximum absolute atomic E-state index is 5.79. The van der Waals surface area contributed by atoms with Gasteiger partial charge in [0.2, 0.25) is 0 Å². The van der Waals surface area contributed by atoms with Gasteiger partial charge >= 0.3 is 0 Å². The van der Waals surface area contributed by atoms with Gasteiger partial charge in [-0.25, -0.2) is 0 Å². The lowest BCUT2D eigenvalue weighted by molar-refractivity contribution is 0.0884. The Labute approximate surface area is 68.9 Å². The molecule has 2 unspecified atom stereocenters. The first-order valence-electron chi connectivity index (χ1n) is 3.99. The first-order valence-corrected chi connectivity index (χ1v) is 3.99. The van der Waals surface area contributed by atoms with Crippen LogP contribution in [0.1, 0.15) is 19.8 Å². The van der Waals surface area contributed by atoms with E-state index in [1.165, 1.54) is 0 Å². The third-order valence-electron chi connectivity index (χ3n) is 1.86. The summed E-state index contributed by atoms with van der Waals surface area (Å²) in [5.41, 5.74) is 5.79. The standard InChI is InChI=1S/C8H19NO2/c1-7(11-3)8(9)5-4-6-10-2/h7-8H,4-6,9H2,1-3H3. The predicted molar refractivity (Wildman–Crippen MR) is 45.6 cm³/mol. The first-order chi connectivity index (χ1) is 5.22. The molecule has 0 amide bonds. The molecule has 0 aliphatic rings. The van der Waals surface area contributed by atoms with Crippen LogP contribution in [0.25, 0.3) is 0 Å². The van der Waals surface area contributed by atoms with Crippen molar-refractivity contribution in [3.05, 3.63) is 0 Å². The van der Waals surface area contributed by atoms with E-state index in [1.807, 2.05) is 6.92 Å². The zero-order valence-corrected chi connectivity index (χ0v) is 7.67. The minimum absolute atomic E-state index is 0.134. The molecule has 0 aliphatic heterocycles. The van der Waals surface area contributed by atoms with E-state index in [0.717, 1.165) is 19.4 Å². The lowest BCUT2D eigenvalue weighted by atomic mass is 10.1. The van der Waals surface area contributed by atoms with Crippen LogP contribution in [0.5, 0.6) is 0 Å². The van der Waals surface area contributed by atoms with Gasteiger partial charge in [-0.15, -0.1) is 0 Å². The van der Waals surface area contributed by atoms with Crippen LogP contribution in [0.15, 0.2) is 0 Å². The van der Waals surface area contributed by atoms with Gasteiger partial charge in [-0.2, -0.15) is 0 Å². The third-order valence-corrected chi connectivity index (χ3v) is 1.86. The molecule has 0 aromatic carbocycles. The van der Waals surface area contributed by atoms with E-state index >= 15 is 0 Å². The monoisotopic (exact) mass is 161 g/mol. The lowest BCUT2D eigenvalue weighted by Gasteiger charge is -2.17. The van der Waals surface area contributed by atoms with Crippen LogP contribution in [0.4, 0.5) is 0 Å². The summed E-state index contributed by atoms with van der Waals surface area (Å²) in [6, 6.07) is 0.134. The molecule has 2 atom stereocenters. The van der Waals surface area contributed by atoms with Crippen molar-refractivity contribution in [3.63, 3.8) is 0 Å². The van der Waals surface area contributed by atoms with Crippen LogP contribution in [0.2, 0.25) is 0 Å². The zero-order chi connectivity index (χ0) is 8.69. The molecule has 3 nitrogen and oxygen atoms in total. The highest BCUT2D eigenvalue weighted by molar-refractivity contribution is 4.68. The van der Waals surface area contributed by atoms with Crippen molar-refractivity contribution in [2.45, 2.75) is 31.9 Å². The van der Waals surface area contributed by atoms with E-state index in [2.05, 4.69) is 0 Å². The Balaban J connectivity index is 3.28. The van der Waals surface area contributed by atoms with Crippen molar-refractivity contribution in [1.29, 1.82) is 0 Å². The molecule has 0 saturated carbocycles. The predicted octanol–water partition coefficient (Wildman–Crippen LogP) is 0.775. The fourth-order valence-corrected chi connectivity index (χ4v) is 0.873. The number of hydrogen-bond donors (Lipinski definition) is 1. The number of ether oxygens (including phenoxy) is 2. The van der Waals surface area contributed by atoms with Gasteiger partial charge in [0, 0.05) is 26.9 Å². The lowest BCUT2D eigenvalue weighted by Crippen LogP contribution is -2.33. The quantitative estimate of drug-likeness (QED) is 0.585. The molecule has 0 aromatic rings.